The SMILES string of the molecule is CCCCCCC(C)(CO)N1CCNCC1. The summed E-state index contributed by atoms with van der Waals surface area (Å²) in [6.45, 7) is 9.01. The van der Waals surface area contributed by atoms with Gasteiger partial charge in [0.1, 0.15) is 0 Å². The lowest BCUT2D eigenvalue weighted by Crippen LogP contribution is -2.56. The molecule has 1 aliphatic heterocycles. The molecule has 1 saturated heterocycles. The molecule has 1 unspecified atom stereocenters. The van der Waals surface area contributed by atoms with Gasteiger partial charge in [-0.15, -0.1) is 0 Å². The Morgan fingerprint density at radius 2 is 1.88 bits per heavy atom. The molecule has 1 atom stereocenters. The molecule has 0 aromatic rings. The van der Waals surface area contributed by atoms with Crippen LogP contribution in [-0.2, 0) is 0 Å². The molecule has 2 N–H and O–H groups in total. The van der Waals surface area contributed by atoms with Crippen LogP contribution in [0.3, 0.4) is 0 Å². The van der Waals surface area contributed by atoms with Gasteiger partial charge >= 0.3 is 0 Å². The van der Waals surface area contributed by atoms with Gasteiger partial charge in [0.25, 0.3) is 0 Å². The molecule has 0 spiro atoms. The normalized spacial score (nSPS) is 21.9. The maximum absolute atomic E-state index is 9.63. The predicted octanol–water partition coefficient (Wildman–Crippen LogP) is 1.61. The topological polar surface area (TPSA) is 35.5 Å². The van der Waals surface area contributed by atoms with Gasteiger partial charge in [0.15, 0.2) is 0 Å². The first-order chi connectivity index (χ1) is 7.73. The van der Waals surface area contributed by atoms with Crippen molar-refractivity contribution in [1.29, 1.82) is 0 Å². The molecule has 0 saturated carbocycles. The molecule has 3 heteroatoms. The molecule has 0 aromatic carbocycles. The summed E-state index contributed by atoms with van der Waals surface area (Å²) in [7, 11) is 0. The average Bonchev–Trinajstić information content (AvgIpc) is 2.35. The van der Waals surface area contributed by atoms with E-state index in [0.717, 1.165) is 32.6 Å². The monoisotopic (exact) mass is 228 g/mol. The molecule has 0 aliphatic carbocycles. The van der Waals surface area contributed by atoms with Crippen LogP contribution < -0.4 is 5.32 Å². The van der Waals surface area contributed by atoms with Gasteiger partial charge in [-0.2, -0.15) is 0 Å². The summed E-state index contributed by atoms with van der Waals surface area (Å²) in [5.41, 5.74) is 0.00976. The van der Waals surface area contributed by atoms with E-state index in [0.29, 0.717) is 6.61 Å². The van der Waals surface area contributed by atoms with Crippen molar-refractivity contribution in [2.45, 2.75) is 51.5 Å². The number of unbranched alkanes of at least 4 members (excludes halogenated alkanes) is 3. The third-order valence-electron chi connectivity index (χ3n) is 3.79. The number of hydrogen-bond donors (Lipinski definition) is 2. The highest BCUT2D eigenvalue weighted by atomic mass is 16.3. The number of piperazine rings is 1. The van der Waals surface area contributed by atoms with Crippen molar-refractivity contribution in [3.05, 3.63) is 0 Å². The van der Waals surface area contributed by atoms with Gasteiger partial charge in [0.2, 0.25) is 0 Å². The summed E-state index contributed by atoms with van der Waals surface area (Å²) >= 11 is 0. The van der Waals surface area contributed by atoms with Crippen LogP contribution in [0.15, 0.2) is 0 Å². The first-order valence-corrected chi connectivity index (χ1v) is 6.79. The number of hydrogen-bond acceptors (Lipinski definition) is 3. The Bertz CT molecular complexity index is 181. The van der Waals surface area contributed by atoms with Crippen LogP contribution in [0.1, 0.15) is 46.0 Å². The molecular weight excluding hydrogens is 200 g/mol. The van der Waals surface area contributed by atoms with Gasteiger partial charge in [-0.05, 0) is 13.3 Å². The summed E-state index contributed by atoms with van der Waals surface area (Å²) in [5.74, 6) is 0. The van der Waals surface area contributed by atoms with E-state index in [9.17, 15) is 5.11 Å². The van der Waals surface area contributed by atoms with Crippen LogP contribution in [0.4, 0.5) is 0 Å². The highest BCUT2D eigenvalue weighted by Crippen LogP contribution is 2.22. The van der Waals surface area contributed by atoms with Gasteiger partial charge < -0.3 is 10.4 Å². The standard InChI is InChI=1S/C13H28N2O/c1-3-4-5-6-7-13(2,12-16)15-10-8-14-9-11-15/h14,16H,3-12H2,1-2H3. The van der Waals surface area contributed by atoms with Crippen LogP contribution in [0.2, 0.25) is 0 Å². The molecule has 0 aromatic heterocycles. The molecule has 0 radical (unpaired) electrons. The van der Waals surface area contributed by atoms with E-state index < -0.39 is 0 Å². The van der Waals surface area contributed by atoms with Crippen LogP contribution in [0.5, 0.6) is 0 Å². The molecule has 1 heterocycles. The molecule has 96 valence electrons. The van der Waals surface area contributed by atoms with Crippen LogP contribution in [-0.4, -0.2) is 48.3 Å². The van der Waals surface area contributed by atoms with Gasteiger partial charge in [-0.1, -0.05) is 32.6 Å². The minimum atomic E-state index is 0.00976. The maximum Gasteiger partial charge on any atom is 0.0612 e. The first-order valence-electron chi connectivity index (χ1n) is 6.79. The number of aliphatic hydroxyl groups excluding tert-OH is 1. The second-order valence-electron chi connectivity index (χ2n) is 5.20. The van der Waals surface area contributed by atoms with E-state index in [1.165, 1.54) is 25.7 Å². The average molecular weight is 228 g/mol. The van der Waals surface area contributed by atoms with E-state index in [4.69, 9.17) is 0 Å². The van der Waals surface area contributed by atoms with Crippen molar-refractivity contribution < 1.29 is 5.11 Å². The van der Waals surface area contributed by atoms with Crippen LogP contribution >= 0.6 is 0 Å². The van der Waals surface area contributed by atoms with Crippen molar-refractivity contribution in [2.75, 3.05) is 32.8 Å². The summed E-state index contributed by atoms with van der Waals surface area (Å²) in [5, 5.41) is 13.0. The predicted molar refractivity (Wildman–Crippen MR) is 68.7 cm³/mol. The van der Waals surface area contributed by atoms with E-state index in [1.807, 2.05) is 0 Å². The van der Waals surface area contributed by atoms with Gasteiger partial charge in [-0.25, -0.2) is 0 Å². The molecule has 3 nitrogen and oxygen atoms in total. The van der Waals surface area contributed by atoms with E-state index >= 15 is 0 Å². The summed E-state index contributed by atoms with van der Waals surface area (Å²) in [6.07, 6.45) is 6.28. The second-order valence-corrected chi connectivity index (χ2v) is 5.20. The van der Waals surface area contributed by atoms with Crippen LogP contribution in [0.25, 0.3) is 0 Å². The minimum Gasteiger partial charge on any atom is -0.394 e. The lowest BCUT2D eigenvalue weighted by atomic mass is 9.92. The van der Waals surface area contributed by atoms with E-state index in [1.54, 1.807) is 0 Å². The smallest absolute Gasteiger partial charge is 0.0612 e. The van der Waals surface area contributed by atoms with Crippen molar-refractivity contribution >= 4 is 0 Å². The highest BCUT2D eigenvalue weighted by molar-refractivity contribution is 4.88. The highest BCUT2D eigenvalue weighted by Gasteiger charge is 2.31. The number of nitrogens with one attached hydrogen (secondary N) is 1. The lowest BCUT2D eigenvalue weighted by Gasteiger charge is -2.42. The first kappa shape index (κ1) is 13.9. The number of rotatable bonds is 7. The number of aliphatic hydroxyl groups is 1. The van der Waals surface area contributed by atoms with Crippen molar-refractivity contribution in [2.24, 2.45) is 0 Å². The van der Waals surface area contributed by atoms with E-state index in [2.05, 4.69) is 24.1 Å². The Kier molecular flexibility index (Phi) is 6.32. The Morgan fingerprint density at radius 3 is 2.44 bits per heavy atom. The largest absolute Gasteiger partial charge is 0.394 e. The Labute approximate surface area is 100 Å². The fourth-order valence-corrected chi connectivity index (χ4v) is 2.47. The quantitative estimate of drug-likeness (QED) is 0.650. The minimum absolute atomic E-state index is 0.00976. The Balaban J connectivity index is 2.35. The zero-order valence-corrected chi connectivity index (χ0v) is 11.0. The van der Waals surface area contributed by atoms with Crippen molar-refractivity contribution in [3.63, 3.8) is 0 Å². The Morgan fingerprint density at radius 1 is 1.19 bits per heavy atom. The lowest BCUT2D eigenvalue weighted by molar-refractivity contribution is 0.0257. The fourth-order valence-electron chi connectivity index (χ4n) is 2.47. The van der Waals surface area contributed by atoms with Gasteiger partial charge in [0.05, 0.1) is 6.61 Å². The fraction of sp³-hybridized carbons (Fsp3) is 1.00. The summed E-state index contributed by atoms with van der Waals surface area (Å²) in [6, 6.07) is 0. The molecule has 1 fully saturated rings. The third kappa shape index (κ3) is 4.04. The molecule has 0 amide bonds. The second kappa shape index (κ2) is 7.25. The third-order valence-corrected chi connectivity index (χ3v) is 3.79. The molecule has 0 bridgehead atoms. The van der Waals surface area contributed by atoms with E-state index in [-0.39, 0.29) is 5.54 Å². The maximum atomic E-state index is 9.63. The number of nitrogens with zero attached hydrogens (tertiary/aromatic N) is 1. The van der Waals surface area contributed by atoms with Crippen molar-refractivity contribution in [1.82, 2.24) is 10.2 Å². The van der Waals surface area contributed by atoms with Crippen molar-refractivity contribution in [3.8, 4) is 0 Å². The molecule has 1 aliphatic rings. The zero-order valence-electron chi connectivity index (χ0n) is 11.0. The van der Waals surface area contributed by atoms with Gasteiger partial charge in [0, 0.05) is 31.7 Å². The summed E-state index contributed by atoms with van der Waals surface area (Å²) in [4.78, 5) is 2.45. The van der Waals surface area contributed by atoms with Gasteiger partial charge in [-0.3, -0.25) is 4.90 Å². The zero-order chi connectivity index (χ0) is 11.9. The molecule has 16 heavy (non-hydrogen) atoms. The molecule has 1 rings (SSSR count). The summed E-state index contributed by atoms with van der Waals surface area (Å²) < 4.78 is 0. The Hall–Kier alpha value is -0.120. The molecular formula is C13H28N2O. The van der Waals surface area contributed by atoms with Crippen LogP contribution in [0, 0.1) is 0 Å².